The quantitative estimate of drug-likeness (QED) is 0.855. The number of methoxy groups -OCH3 is 1. The van der Waals surface area contributed by atoms with Crippen LogP contribution < -0.4 is 5.32 Å². The molecule has 2 aromatic rings. The summed E-state index contributed by atoms with van der Waals surface area (Å²) in [4.78, 5) is 23.3. The number of nitrogens with zero attached hydrogens (tertiary/aromatic N) is 1. The first kappa shape index (κ1) is 17.8. The van der Waals surface area contributed by atoms with E-state index in [9.17, 15) is 9.59 Å². The first-order chi connectivity index (χ1) is 11.3. The van der Waals surface area contributed by atoms with E-state index in [1.807, 2.05) is 55.8 Å². The van der Waals surface area contributed by atoms with Gasteiger partial charge in [0.15, 0.2) is 0 Å². The highest BCUT2D eigenvalue weighted by Crippen LogP contribution is 2.21. The lowest BCUT2D eigenvalue weighted by Gasteiger charge is -2.19. The van der Waals surface area contributed by atoms with Crippen molar-refractivity contribution in [3.8, 4) is 0 Å². The zero-order valence-corrected chi connectivity index (χ0v) is 14.6. The molecule has 0 bridgehead atoms. The maximum Gasteiger partial charge on any atom is 0.407 e. The third-order valence-corrected chi connectivity index (χ3v) is 3.46. The number of nitrogens with one attached hydrogen (secondary N) is 1. The molecule has 24 heavy (non-hydrogen) atoms. The van der Waals surface area contributed by atoms with E-state index in [0.29, 0.717) is 13.0 Å². The highest BCUT2D eigenvalue weighted by molar-refractivity contribution is 5.85. The smallest absolute Gasteiger partial charge is 0.407 e. The lowest BCUT2D eigenvalue weighted by Crippen LogP contribution is -2.33. The van der Waals surface area contributed by atoms with Crippen molar-refractivity contribution in [2.75, 3.05) is 13.7 Å². The van der Waals surface area contributed by atoms with Crippen LogP contribution in [0.3, 0.4) is 0 Å². The molecule has 0 fully saturated rings. The molecule has 0 spiro atoms. The number of ether oxygens (including phenoxy) is 2. The number of benzene rings is 1. The number of carbonyl (C=O) groups excluding carboxylic acids is 2. The number of alkyl carbamates (subject to hydrolysis) is 1. The summed E-state index contributed by atoms with van der Waals surface area (Å²) in [7, 11) is 1.37. The van der Waals surface area contributed by atoms with E-state index in [1.54, 1.807) is 0 Å². The molecule has 0 saturated carbocycles. The molecule has 130 valence electrons. The van der Waals surface area contributed by atoms with Crippen LogP contribution in [0.2, 0.25) is 0 Å². The normalized spacial score (nSPS) is 11.3. The largest absolute Gasteiger partial charge is 0.468 e. The Hall–Kier alpha value is -2.50. The maximum absolute atomic E-state index is 11.7. The van der Waals surface area contributed by atoms with Gasteiger partial charge in [-0.05, 0) is 38.8 Å². The van der Waals surface area contributed by atoms with E-state index in [2.05, 4.69) is 5.32 Å². The van der Waals surface area contributed by atoms with Gasteiger partial charge in [-0.2, -0.15) is 0 Å². The van der Waals surface area contributed by atoms with Crippen LogP contribution >= 0.6 is 0 Å². The minimum absolute atomic E-state index is 0.163. The van der Waals surface area contributed by atoms with Gasteiger partial charge >= 0.3 is 12.1 Å². The highest BCUT2D eigenvalue weighted by Gasteiger charge is 2.16. The number of esters is 1. The van der Waals surface area contributed by atoms with Gasteiger partial charge in [0.2, 0.25) is 0 Å². The third-order valence-electron chi connectivity index (χ3n) is 3.46. The monoisotopic (exact) mass is 332 g/mol. The summed E-state index contributed by atoms with van der Waals surface area (Å²) >= 11 is 0. The van der Waals surface area contributed by atoms with Crippen molar-refractivity contribution < 1.29 is 19.1 Å². The Morgan fingerprint density at radius 1 is 1.21 bits per heavy atom. The second-order valence-corrected chi connectivity index (χ2v) is 6.55. The van der Waals surface area contributed by atoms with Gasteiger partial charge in [0.1, 0.15) is 12.1 Å². The molecule has 0 saturated heterocycles. The van der Waals surface area contributed by atoms with E-state index in [4.69, 9.17) is 9.47 Å². The molecular weight excluding hydrogens is 308 g/mol. The summed E-state index contributed by atoms with van der Waals surface area (Å²) in [5, 5.41) is 3.81. The fraction of sp³-hybridized carbons (Fsp3) is 0.444. The number of fused-ring (bicyclic) bond motifs is 1. The lowest BCUT2D eigenvalue weighted by molar-refractivity contribution is -0.141. The van der Waals surface area contributed by atoms with E-state index < -0.39 is 11.7 Å². The Kier molecular flexibility index (Phi) is 5.49. The van der Waals surface area contributed by atoms with Crippen molar-refractivity contribution in [1.29, 1.82) is 0 Å². The van der Waals surface area contributed by atoms with Crippen molar-refractivity contribution in [2.45, 2.75) is 39.3 Å². The zero-order valence-electron chi connectivity index (χ0n) is 14.6. The molecule has 1 aromatic carbocycles. The van der Waals surface area contributed by atoms with Gasteiger partial charge < -0.3 is 19.4 Å². The first-order valence-corrected chi connectivity index (χ1v) is 7.90. The Balaban J connectivity index is 2.06. The van der Waals surface area contributed by atoms with E-state index in [-0.39, 0.29) is 12.5 Å². The van der Waals surface area contributed by atoms with Gasteiger partial charge in [0.25, 0.3) is 0 Å². The van der Waals surface area contributed by atoms with Crippen molar-refractivity contribution in [2.24, 2.45) is 0 Å². The summed E-state index contributed by atoms with van der Waals surface area (Å²) in [6, 6.07) is 7.85. The van der Waals surface area contributed by atoms with Crippen molar-refractivity contribution in [3.05, 3.63) is 36.0 Å². The molecule has 0 radical (unpaired) electrons. The zero-order chi connectivity index (χ0) is 17.7. The number of rotatable bonds is 5. The fourth-order valence-corrected chi connectivity index (χ4v) is 2.47. The van der Waals surface area contributed by atoms with Gasteiger partial charge in [0.05, 0.1) is 7.11 Å². The van der Waals surface area contributed by atoms with E-state index in [1.165, 1.54) is 7.11 Å². The van der Waals surface area contributed by atoms with Crippen molar-refractivity contribution >= 4 is 23.0 Å². The van der Waals surface area contributed by atoms with Gasteiger partial charge in [-0.25, -0.2) is 4.79 Å². The van der Waals surface area contributed by atoms with Gasteiger partial charge in [-0.15, -0.1) is 0 Å². The minimum Gasteiger partial charge on any atom is -0.468 e. The summed E-state index contributed by atoms with van der Waals surface area (Å²) in [6.07, 6.45) is 2.15. The van der Waals surface area contributed by atoms with Crippen LogP contribution in [0.5, 0.6) is 0 Å². The topological polar surface area (TPSA) is 69.6 Å². The lowest BCUT2D eigenvalue weighted by atomic mass is 10.1. The summed E-state index contributed by atoms with van der Waals surface area (Å²) in [5.41, 5.74) is 1.52. The maximum atomic E-state index is 11.7. The Morgan fingerprint density at radius 2 is 1.92 bits per heavy atom. The molecule has 1 amide bonds. The molecule has 6 heteroatoms. The molecule has 0 atom stereocenters. The molecular formula is C18H24N2O4. The minimum atomic E-state index is -0.513. The molecule has 1 aromatic heterocycles. The highest BCUT2D eigenvalue weighted by atomic mass is 16.6. The van der Waals surface area contributed by atoms with Crippen LogP contribution in [-0.2, 0) is 27.2 Å². The second-order valence-electron chi connectivity index (χ2n) is 6.55. The third kappa shape index (κ3) is 4.75. The number of para-hydroxylation sites is 1. The first-order valence-electron chi connectivity index (χ1n) is 7.90. The van der Waals surface area contributed by atoms with Crippen LogP contribution in [0.15, 0.2) is 30.5 Å². The number of aromatic nitrogens is 1. The predicted octanol–water partition coefficient (Wildman–Crippen LogP) is 2.88. The number of amides is 1. The fourth-order valence-electron chi connectivity index (χ4n) is 2.47. The molecule has 1 N–H and O–H groups in total. The molecule has 0 unspecified atom stereocenters. The van der Waals surface area contributed by atoms with Crippen LogP contribution in [0.4, 0.5) is 4.79 Å². The SMILES string of the molecule is COC(=O)Cn1cc(CCNC(=O)OC(C)(C)C)c2ccccc21. The number of hydrogen-bond donors (Lipinski definition) is 1. The van der Waals surface area contributed by atoms with Crippen LogP contribution in [-0.4, -0.2) is 35.9 Å². The molecule has 2 rings (SSSR count). The van der Waals surface area contributed by atoms with Crippen molar-refractivity contribution in [3.63, 3.8) is 0 Å². The summed E-state index contributed by atoms with van der Waals surface area (Å²) < 4.78 is 11.8. The average Bonchev–Trinajstić information content (AvgIpc) is 2.84. The summed E-state index contributed by atoms with van der Waals surface area (Å²) in [6.45, 7) is 6.10. The summed E-state index contributed by atoms with van der Waals surface area (Å²) in [5.74, 6) is -0.297. The van der Waals surface area contributed by atoms with Gasteiger partial charge in [-0.3, -0.25) is 4.79 Å². The Morgan fingerprint density at radius 3 is 2.58 bits per heavy atom. The molecule has 0 aliphatic heterocycles. The Labute approximate surface area is 141 Å². The van der Waals surface area contributed by atoms with Gasteiger partial charge in [0, 0.05) is 23.6 Å². The number of hydrogen-bond acceptors (Lipinski definition) is 4. The van der Waals surface area contributed by atoms with Crippen molar-refractivity contribution in [1.82, 2.24) is 9.88 Å². The standard InChI is InChI=1S/C18H24N2O4/c1-18(2,3)24-17(22)19-10-9-13-11-20(12-16(21)23-4)15-8-6-5-7-14(13)15/h5-8,11H,9-10,12H2,1-4H3,(H,19,22). The average molecular weight is 332 g/mol. The molecule has 0 aliphatic carbocycles. The van der Waals surface area contributed by atoms with Crippen LogP contribution in [0, 0.1) is 0 Å². The number of carbonyl (C=O) groups is 2. The molecule has 1 heterocycles. The van der Waals surface area contributed by atoms with Gasteiger partial charge in [-0.1, -0.05) is 18.2 Å². The predicted molar refractivity (Wildman–Crippen MR) is 91.9 cm³/mol. The second kappa shape index (κ2) is 7.38. The Bertz CT molecular complexity index is 728. The van der Waals surface area contributed by atoms with E-state index in [0.717, 1.165) is 16.5 Å². The molecule has 0 aliphatic rings. The van der Waals surface area contributed by atoms with Crippen LogP contribution in [0.1, 0.15) is 26.3 Å². The van der Waals surface area contributed by atoms with Crippen LogP contribution in [0.25, 0.3) is 10.9 Å². The molecule has 6 nitrogen and oxygen atoms in total. The van der Waals surface area contributed by atoms with E-state index >= 15 is 0 Å².